The van der Waals surface area contributed by atoms with Gasteiger partial charge in [0.2, 0.25) is 5.82 Å². The monoisotopic (exact) mass is 402 g/mol. The number of nitrogens with zero attached hydrogens (tertiary/aromatic N) is 2. The van der Waals surface area contributed by atoms with Crippen LogP contribution in [0.4, 0.5) is 26.3 Å². The van der Waals surface area contributed by atoms with Gasteiger partial charge >= 0.3 is 6.18 Å². The van der Waals surface area contributed by atoms with Crippen molar-refractivity contribution in [1.82, 2.24) is 9.97 Å². The van der Waals surface area contributed by atoms with Crippen molar-refractivity contribution in [3.05, 3.63) is 28.1 Å². The van der Waals surface area contributed by atoms with Crippen LogP contribution in [-0.4, -0.2) is 34.1 Å². The lowest BCUT2D eigenvalue weighted by atomic mass is 10.1. The molecule has 126 valence electrons. The summed E-state index contributed by atoms with van der Waals surface area (Å²) in [6.45, 7) is -1.62. The van der Waals surface area contributed by atoms with E-state index in [9.17, 15) is 31.4 Å². The summed E-state index contributed by atoms with van der Waals surface area (Å²) in [6.07, 6.45) is -10.8. The SMILES string of the molecule is Oc1ccc(Br)c2nc(C(F)(F)F)nc(CC(F)C(F)CF)c12. The number of phenols is 1. The number of rotatable bonds is 4. The molecule has 10 heteroatoms. The van der Waals surface area contributed by atoms with Crippen molar-refractivity contribution in [2.75, 3.05) is 6.67 Å². The highest BCUT2D eigenvalue weighted by Crippen LogP contribution is 2.36. The van der Waals surface area contributed by atoms with Crippen LogP contribution in [0.15, 0.2) is 16.6 Å². The van der Waals surface area contributed by atoms with Gasteiger partial charge in [-0.05, 0) is 28.1 Å². The third kappa shape index (κ3) is 3.67. The number of hydrogen-bond donors (Lipinski definition) is 1. The Hall–Kier alpha value is -1.58. The molecule has 0 amide bonds. The smallest absolute Gasteiger partial charge is 0.451 e. The first-order valence-electron chi connectivity index (χ1n) is 6.24. The van der Waals surface area contributed by atoms with Gasteiger partial charge in [-0.2, -0.15) is 13.2 Å². The van der Waals surface area contributed by atoms with Crippen molar-refractivity contribution in [3.63, 3.8) is 0 Å². The molecule has 1 N–H and O–H groups in total. The minimum absolute atomic E-state index is 0.108. The molecular weight excluding hydrogens is 394 g/mol. The maximum Gasteiger partial charge on any atom is 0.451 e. The van der Waals surface area contributed by atoms with Gasteiger partial charge in [0, 0.05) is 10.9 Å². The maximum absolute atomic E-state index is 13.6. The molecule has 2 atom stereocenters. The average Bonchev–Trinajstić information content (AvgIpc) is 2.48. The van der Waals surface area contributed by atoms with Gasteiger partial charge in [0.15, 0.2) is 6.17 Å². The lowest BCUT2D eigenvalue weighted by molar-refractivity contribution is -0.144. The zero-order valence-electron chi connectivity index (χ0n) is 11.2. The van der Waals surface area contributed by atoms with E-state index in [0.29, 0.717) is 0 Å². The Morgan fingerprint density at radius 3 is 2.35 bits per heavy atom. The van der Waals surface area contributed by atoms with E-state index in [1.54, 1.807) is 0 Å². The summed E-state index contributed by atoms with van der Waals surface area (Å²) in [5.74, 6) is -2.05. The van der Waals surface area contributed by atoms with E-state index in [-0.39, 0.29) is 15.4 Å². The van der Waals surface area contributed by atoms with Crippen molar-refractivity contribution >= 4 is 26.8 Å². The van der Waals surface area contributed by atoms with Crippen LogP contribution in [0.25, 0.3) is 10.9 Å². The summed E-state index contributed by atoms with van der Waals surface area (Å²) in [5.41, 5.74) is -0.852. The van der Waals surface area contributed by atoms with E-state index < -0.39 is 48.9 Å². The van der Waals surface area contributed by atoms with Gasteiger partial charge in [0.05, 0.1) is 16.6 Å². The number of alkyl halides is 6. The largest absolute Gasteiger partial charge is 0.507 e. The van der Waals surface area contributed by atoms with E-state index >= 15 is 0 Å². The molecule has 1 aromatic heterocycles. The lowest BCUT2D eigenvalue weighted by Crippen LogP contribution is -2.23. The van der Waals surface area contributed by atoms with Crippen LogP contribution in [-0.2, 0) is 12.6 Å². The number of halogens is 7. The summed E-state index contributed by atoms with van der Waals surface area (Å²) >= 11 is 2.98. The highest BCUT2D eigenvalue weighted by molar-refractivity contribution is 9.10. The first kappa shape index (κ1) is 17.8. The molecule has 2 rings (SSSR count). The van der Waals surface area contributed by atoms with Gasteiger partial charge in [-0.15, -0.1) is 0 Å². The van der Waals surface area contributed by atoms with Crippen LogP contribution in [0, 0.1) is 0 Å². The molecule has 0 aliphatic rings. The first-order chi connectivity index (χ1) is 10.6. The third-order valence-electron chi connectivity index (χ3n) is 3.04. The van der Waals surface area contributed by atoms with Crippen molar-refractivity contribution in [2.45, 2.75) is 24.9 Å². The van der Waals surface area contributed by atoms with Crippen LogP contribution in [0.2, 0.25) is 0 Å². The predicted octanol–water partition coefficient (Wildman–Crippen LogP) is 4.30. The highest BCUT2D eigenvalue weighted by atomic mass is 79.9. The molecule has 23 heavy (non-hydrogen) atoms. The maximum atomic E-state index is 13.6. The number of aromatic nitrogens is 2. The number of benzene rings is 1. The number of phenolic OH excluding ortho intramolecular Hbond substituents is 1. The Labute approximate surface area is 134 Å². The second-order valence-corrected chi connectivity index (χ2v) is 5.53. The van der Waals surface area contributed by atoms with Crippen molar-refractivity contribution in [2.24, 2.45) is 0 Å². The molecular formula is C13H9BrF6N2O. The van der Waals surface area contributed by atoms with Crippen molar-refractivity contribution in [1.29, 1.82) is 0 Å². The molecule has 0 aliphatic heterocycles. The molecule has 1 aromatic carbocycles. The molecule has 0 radical (unpaired) electrons. The normalized spacial score (nSPS) is 14.9. The molecule has 0 aliphatic carbocycles. The topological polar surface area (TPSA) is 46.0 Å². The fourth-order valence-corrected chi connectivity index (χ4v) is 2.37. The summed E-state index contributed by atoms with van der Waals surface area (Å²) in [6, 6.07) is 2.39. The van der Waals surface area contributed by atoms with Gasteiger partial charge in [0.1, 0.15) is 18.6 Å². The van der Waals surface area contributed by atoms with E-state index in [2.05, 4.69) is 25.9 Å². The fraction of sp³-hybridized carbons (Fsp3) is 0.385. The molecule has 0 saturated heterocycles. The van der Waals surface area contributed by atoms with Crippen molar-refractivity contribution in [3.8, 4) is 5.75 Å². The average molecular weight is 403 g/mol. The third-order valence-corrected chi connectivity index (χ3v) is 3.68. The molecule has 3 nitrogen and oxygen atoms in total. The Morgan fingerprint density at radius 2 is 1.78 bits per heavy atom. The molecule has 0 bridgehead atoms. The standard InChI is InChI=1S/C13H9BrF6N2O/c14-5-1-2-9(23)10-8(3-6(16)7(17)4-15)21-12(13(18,19)20)22-11(5)10/h1-2,6-7,23H,3-4H2. The molecule has 0 fully saturated rings. The Balaban J connectivity index is 2.67. The summed E-state index contributed by atoms with van der Waals surface area (Å²) in [5, 5.41) is 9.56. The van der Waals surface area contributed by atoms with E-state index in [1.807, 2.05) is 0 Å². The van der Waals surface area contributed by atoms with Crippen LogP contribution in [0.3, 0.4) is 0 Å². The second kappa shape index (κ2) is 6.50. The van der Waals surface area contributed by atoms with E-state index in [0.717, 1.165) is 6.07 Å². The predicted molar refractivity (Wildman–Crippen MR) is 73.4 cm³/mol. The number of fused-ring (bicyclic) bond motifs is 1. The molecule has 0 saturated carbocycles. The highest BCUT2D eigenvalue weighted by Gasteiger charge is 2.36. The van der Waals surface area contributed by atoms with Gasteiger partial charge in [-0.3, -0.25) is 0 Å². The van der Waals surface area contributed by atoms with Crippen LogP contribution in [0.5, 0.6) is 5.75 Å². The van der Waals surface area contributed by atoms with Crippen LogP contribution in [0.1, 0.15) is 11.5 Å². The molecule has 0 spiro atoms. The van der Waals surface area contributed by atoms with Crippen molar-refractivity contribution < 1.29 is 31.4 Å². The quantitative estimate of drug-likeness (QED) is 0.775. The lowest BCUT2D eigenvalue weighted by Gasteiger charge is -2.15. The number of hydrogen-bond acceptors (Lipinski definition) is 3. The minimum Gasteiger partial charge on any atom is -0.507 e. The van der Waals surface area contributed by atoms with Gasteiger partial charge in [-0.25, -0.2) is 23.1 Å². The van der Waals surface area contributed by atoms with Gasteiger partial charge in [0.25, 0.3) is 0 Å². The molecule has 2 unspecified atom stereocenters. The Morgan fingerprint density at radius 1 is 1.13 bits per heavy atom. The number of aromatic hydroxyl groups is 1. The zero-order valence-corrected chi connectivity index (χ0v) is 12.8. The minimum atomic E-state index is -4.92. The Kier molecular flexibility index (Phi) is 5.02. The van der Waals surface area contributed by atoms with Crippen LogP contribution < -0.4 is 0 Å². The summed E-state index contributed by atoms with van der Waals surface area (Å²) in [7, 11) is 0. The summed E-state index contributed by atoms with van der Waals surface area (Å²) in [4.78, 5) is 6.49. The Bertz CT molecular complexity index is 724. The van der Waals surface area contributed by atoms with E-state index in [1.165, 1.54) is 6.07 Å². The van der Waals surface area contributed by atoms with Gasteiger partial charge < -0.3 is 5.11 Å². The molecule has 1 heterocycles. The zero-order chi connectivity index (χ0) is 17.4. The fourth-order valence-electron chi connectivity index (χ4n) is 1.95. The van der Waals surface area contributed by atoms with E-state index in [4.69, 9.17) is 0 Å². The summed E-state index contributed by atoms with van der Waals surface area (Å²) < 4.78 is 77.5. The van der Waals surface area contributed by atoms with Crippen LogP contribution >= 0.6 is 15.9 Å². The van der Waals surface area contributed by atoms with Gasteiger partial charge in [-0.1, -0.05) is 0 Å². The first-order valence-corrected chi connectivity index (χ1v) is 7.03. The second-order valence-electron chi connectivity index (χ2n) is 4.67. The molecule has 2 aromatic rings.